The molecule has 0 saturated carbocycles. The van der Waals surface area contributed by atoms with Crippen LogP contribution in [0.15, 0.2) is 30.9 Å². The van der Waals surface area contributed by atoms with E-state index in [4.69, 9.17) is 0 Å². The molecule has 0 amide bonds. The van der Waals surface area contributed by atoms with Crippen molar-refractivity contribution in [2.45, 2.75) is 19.4 Å². The zero-order valence-corrected chi connectivity index (χ0v) is 9.22. The van der Waals surface area contributed by atoms with E-state index in [1.165, 1.54) is 11.9 Å². The summed E-state index contributed by atoms with van der Waals surface area (Å²) in [5, 5.41) is 10.1. The Kier molecular flexibility index (Phi) is 3.61. The van der Waals surface area contributed by atoms with E-state index in [1.54, 1.807) is 0 Å². The van der Waals surface area contributed by atoms with Crippen LogP contribution in [0, 0.1) is 0 Å². The molecule has 1 unspecified atom stereocenters. The molecule has 2 aromatic heterocycles. The van der Waals surface area contributed by atoms with Gasteiger partial charge in [0.25, 0.3) is 0 Å². The van der Waals surface area contributed by atoms with Crippen LogP contribution in [0.2, 0.25) is 0 Å². The highest BCUT2D eigenvalue weighted by Gasteiger charge is 2.03. The summed E-state index contributed by atoms with van der Waals surface area (Å²) in [6.45, 7) is 3.01. The van der Waals surface area contributed by atoms with E-state index >= 15 is 0 Å². The Morgan fingerprint density at radius 1 is 1.38 bits per heavy atom. The molecular weight excluding hydrogens is 202 g/mol. The fraction of sp³-hybridized carbons (Fsp3) is 0.364. The van der Waals surface area contributed by atoms with Crippen molar-refractivity contribution < 1.29 is 0 Å². The van der Waals surface area contributed by atoms with Gasteiger partial charge in [0, 0.05) is 31.4 Å². The molecule has 0 saturated heterocycles. The number of aromatic amines is 1. The summed E-state index contributed by atoms with van der Waals surface area (Å²) in [4.78, 5) is 8.07. The van der Waals surface area contributed by atoms with Gasteiger partial charge in [0.1, 0.15) is 12.2 Å². The summed E-state index contributed by atoms with van der Waals surface area (Å²) in [5.74, 6) is 0.912. The first-order valence-electron chi connectivity index (χ1n) is 5.34. The molecule has 2 rings (SSSR count). The lowest BCUT2D eigenvalue weighted by atomic mass is 10.1. The lowest BCUT2D eigenvalue weighted by molar-refractivity contribution is 0.570. The highest BCUT2D eigenvalue weighted by molar-refractivity contribution is 5.13. The molecule has 0 aliphatic rings. The van der Waals surface area contributed by atoms with Crippen molar-refractivity contribution in [2.24, 2.45) is 0 Å². The van der Waals surface area contributed by atoms with Crippen LogP contribution < -0.4 is 5.32 Å². The molecule has 5 heteroatoms. The van der Waals surface area contributed by atoms with E-state index in [0.29, 0.717) is 6.04 Å². The summed E-state index contributed by atoms with van der Waals surface area (Å²) in [6.07, 6.45) is 6.00. The molecular formula is C11H15N5. The Hall–Kier alpha value is -1.75. The maximum Gasteiger partial charge on any atom is 0.137 e. The van der Waals surface area contributed by atoms with Crippen LogP contribution >= 0.6 is 0 Å². The number of nitrogens with zero attached hydrogens (tertiary/aromatic N) is 3. The third kappa shape index (κ3) is 2.87. The quantitative estimate of drug-likeness (QED) is 0.787. The Balaban J connectivity index is 1.78. The van der Waals surface area contributed by atoms with E-state index < -0.39 is 0 Å². The van der Waals surface area contributed by atoms with E-state index in [0.717, 1.165) is 18.8 Å². The maximum atomic E-state index is 4.07. The fourth-order valence-electron chi connectivity index (χ4n) is 1.53. The van der Waals surface area contributed by atoms with Gasteiger partial charge < -0.3 is 5.32 Å². The van der Waals surface area contributed by atoms with Gasteiger partial charge in [-0.1, -0.05) is 0 Å². The topological polar surface area (TPSA) is 66.5 Å². The number of pyridine rings is 1. The second-order valence-corrected chi connectivity index (χ2v) is 3.64. The number of aromatic nitrogens is 4. The highest BCUT2D eigenvalue weighted by atomic mass is 15.2. The van der Waals surface area contributed by atoms with Crippen LogP contribution in [0.1, 0.15) is 24.4 Å². The minimum absolute atomic E-state index is 0.325. The van der Waals surface area contributed by atoms with Crippen LogP contribution in [-0.2, 0) is 6.42 Å². The lowest BCUT2D eigenvalue weighted by Gasteiger charge is -2.12. The predicted octanol–water partition coefficient (Wildman–Crippen LogP) is 1.09. The van der Waals surface area contributed by atoms with E-state index in [9.17, 15) is 0 Å². The van der Waals surface area contributed by atoms with Crippen molar-refractivity contribution in [3.63, 3.8) is 0 Å². The van der Waals surface area contributed by atoms with Crippen LogP contribution in [0.5, 0.6) is 0 Å². The molecule has 16 heavy (non-hydrogen) atoms. The molecule has 84 valence electrons. The van der Waals surface area contributed by atoms with Gasteiger partial charge in [0.2, 0.25) is 0 Å². The van der Waals surface area contributed by atoms with Gasteiger partial charge >= 0.3 is 0 Å². The third-order valence-corrected chi connectivity index (χ3v) is 2.48. The number of hydrogen-bond acceptors (Lipinski definition) is 4. The molecule has 2 N–H and O–H groups in total. The van der Waals surface area contributed by atoms with Gasteiger partial charge in [0.15, 0.2) is 0 Å². The third-order valence-electron chi connectivity index (χ3n) is 2.48. The summed E-state index contributed by atoms with van der Waals surface area (Å²) >= 11 is 0. The minimum atomic E-state index is 0.325. The van der Waals surface area contributed by atoms with Gasteiger partial charge in [0.05, 0.1) is 0 Å². The molecule has 5 nitrogen and oxygen atoms in total. The van der Waals surface area contributed by atoms with Gasteiger partial charge in [-0.2, -0.15) is 5.10 Å². The van der Waals surface area contributed by atoms with Crippen molar-refractivity contribution in [1.82, 2.24) is 25.5 Å². The fourth-order valence-corrected chi connectivity index (χ4v) is 1.53. The number of hydrogen-bond donors (Lipinski definition) is 2. The predicted molar refractivity (Wildman–Crippen MR) is 60.7 cm³/mol. The first kappa shape index (κ1) is 10.8. The maximum absolute atomic E-state index is 4.07. The molecule has 0 bridgehead atoms. The standard InChI is InChI=1S/C11H15N5/c1-9(10-2-5-12-6-3-10)13-7-4-11-14-8-15-16-11/h2-3,5-6,8-9,13H,4,7H2,1H3,(H,14,15,16). The molecule has 2 heterocycles. The summed E-state index contributed by atoms with van der Waals surface area (Å²) < 4.78 is 0. The van der Waals surface area contributed by atoms with Crippen LogP contribution in [0.25, 0.3) is 0 Å². The SMILES string of the molecule is CC(NCCc1ncn[nH]1)c1ccncc1. The van der Waals surface area contributed by atoms with Gasteiger partial charge in [-0.3, -0.25) is 10.1 Å². The van der Waals surface area contributed by atoms with Crippen LogP contribution in [0.4, 0.5) is 0 Å². The average Bonchev–Trinajstić information content (AvgIpc) is 2.83. The summed E-state index contributed by atoms with van der Waals surface area (Å²) in [7, 11) is 0. The Labute approximate surface area is 94.3 Å². The molecule has 0 fully saturated rings. The van der Waals surface area contributed by atoms with E-state index in [1.807, 2.05) is 24.5 Å². The molecule has 0 aliphatic carbocycles. The number of nitrogens with one attached hydrogen (secondary N) is 2. The minimum Gasteiger partial charge on any atom is -0.310 e. The van der Waals surface area contributed by atoms with Crippen LogP contribution in [0.3, 0.4) is 0 Å². The lowest BCUT2D eigenvalue weighted by Crippen LogP contribution is -2.21. The molecule has 0 radical (unpaired) electrons. The van der Waals surface area contributed by atoms with Gasteiger partial charge in [-0.05, 0) is 24.6 Å². The summed E-state index contributed by atoms with van der Waals surface area (Å²) in [6, 6.07) is 4.36. The van der Waals surface area contributed by atoms with Crippen molar-refractivity contribution in [2.75, 3.05) is 6.54 Å². The van der Waals surface area contributed by atoms with Gasteiger partial charge in [-0.15, -0.1) is 0 Å². The van der Waals surface area contributed by atoms with E-state index in [-0.39, 0.29) is 0 Å². The zero-order valence-electron chi connectivity index (χ0n) is 9.22. The van der Waals surface area contributed by atoms with Crippen molar-refractivity contribution >= 4 is 0 Å². The number of rotatable bonds is 5. The van der Waals surface area contributed by atoms with Crippen molar-refractivity contribution in [3.8, 4) is 0 Å². The van der Waals surface area contributed by atoms with Crippen molar-refractivity contribution in [3.05, 3.63) is 42.2 Å². The molecule has 0 spiro atoms. The normalized spacial score (nSPS) is 12.6. The molecule has 2 aromatic rings. The monoisotopic (exact) mass is 217 g/mol. The first-order valence-corrected chi connectivity index (χ1v) is 5.34. The summed E-state index contributed by atoms with van der Waals surface area (Å²) in [5.41, 5.74) is 1.24. The van der Waals surface area contributed by atoms with Crippen molar-refractivity contribution in [1.29, 1.82) is 0 Å². The second-order valence-electron chi connectivity index (χ2n) is 3.64. The van der Waals surface area contributed by atoms with E-state index in [2.05, 4.69) is 32.4 Å². The van der Waals surface area contributed by atoms with Crippen LogP contribution in [-0.4, -0.2) is 26.7 Å². The Bertz CT molecular complexity index is 398. The van der Waals surface area contributed by atoms with Gasteiger partial charge in [-0.25, -0.2) is 4.98 Å². The molecule has 1 atom stereocenters. The Morgan fingerprint density at radius 2 is 2.19 bits per heavy atom. The first-order chi connectivity index (χ1) is 7.86. The highest BCUT2D eigenvalue weighted by Crippen LogP contribution is 2.09. The second kappa shape index (κ2) is 5.37. The zero-order chi connectivity index (χ0) is 11.2. The molecule has 0 aliphatic heterocycles. The largest absolute Gasteiger partial charge is 0.310 e. The number of H-pyrrole nitrogens is 1. The Morgan fingerprint density at radius 3 is 2.88 bits per heavy atom. The molecule has 0 aromatic carbocycles. The average molecular weight is 217 g/mol. The smallest absolute Gasteiger partial charge is 0.137 e.